The van der Waals surface area contributed by atoms with Crippen molar-refractivity contribution in [3.8, 4) is 17.2 Å². The Hall–Kier alpha value is -3.22. The molecule has 0 aliphatic carbocycles. The molecule has 1 heterocycles. The number of rotatable bonds is 6. The van der Waals surface area contributed by atoms with E-state index in [1.165, 1.54) is 6.92 Å². The Labute approximate surface area is 163 Å². The van der Waals surface area contributed by atoms with Crippen LogP contribution in [0.25, 0.3) is 0 Å². The van der Waals surface area contributed by atoms with E-state index in [-0.39, 0.29) is 6.61 Å². The highest BCUT2D eigenvalue weighted by molar-refractivity contribution is 5.95. The molecule has 1 N–H and O–H groups in total. The Balaban J connectivity index is 1.49. The minimum absolute atomic E-state index is 0.274. The maximum absolute atomic E-state index is 12.3. The van der Waals surface area contributed by atoms with Crippen molar-refractivity contribution < 1.29 is 28.5 Å². The fraction of sp³-hybridized carbons (Fsp3) is 0.333. The third-order valence-electron chi connectivity index (χ3n) is 4.32. The van der Waals surface area contributed by atoms with Crippen LogP contribution in [-0.4, -0.2) is 37.8 Å². The van der Waals surface area contributed by atoms with Gasteiger partial charge in [-0.3, -0.25) is 4.79 Å². The molecule has 7 nitrogen and oxygen atoms in total. The molecule has 2 aromatic rings. The normalized spacial score (nSPS) is 13.4. The lowest BCUT2D eigenvalue weighted by Gasteiger charge is -2.19. The van der Waals surface area contributed by atoms with Gasteiger partial charge in [-0.25, -0.2) is 4.79 Å². The molecule has 28 heavy (non-hydrogen) atoms. The molecule has 0 saturated heterocycles. The first-order chi connectivity index (χ1) is 13.4. The van der Waals surface area contributed by atoms with Gasteiger partial charge in [-0.05, 0) is 56.2 Å². The SMILES string of the molecule is Cc1ccc(OCC(=O)O[C@@H](C)C(=O)Nc2ccc3c(c2)OCCO3)cc1C. The quantitative estimate of drug-likeness (QED) is 0.770. The molecule has 7 heteroatoms. The Bertz CT molecular complexity index is 879. The van der Waals surface area contributed by atoms with E-state index in [9.17, 15) is 9.59 Å². The van der Waals surface area contributed by atoms with Crippen LogP contribution in [-0.2, 0) is 14.3 Å². The minimum Gasteiger partial charge on any atom is -0.486 e. The molecule has 0 radical (unpaired) electrons. The number of anilines is 1. The zero-order chi connectivity index (χ0) is 20.1. The smallest absolute Gasteiger partial charge is 0.344 e. The standard InChI is InChI=1S/C21H23NO6/c1-13-4-6-17(10-14(13)2)27-12-20(23)28-15(3)21(24)22-16-5-7-18-19(11-16)26-9-8-25-18/h4-7,10-11,15H,8-9,12H2,1-3H3,(H,22,24)/t15-/m0/s1. The van der Waals surface area contributed by atoms with Gasteiger partial charge in [0.2, 0.25) is 0 Å². The number of carbonyl (C=O) groups excluding carboxylic acids is 2. The Morgan fingerprint density at radius 1 is 1.04 bits per heavy atom. The second-order valence-electron chi connectivity index (χ2n) is 6.51. The second-order valence-corrected chi connectivity index (χ2v) is 6.51. The summed E-state index contributed by atoms with van der Waals surface area (Å²) >= 11 is 0. The van der Waals surface area contributed by atoms with Crippen LogP contribution in [0.15, 0.2) is 36.4 Å². The number of carbonyl (C=O) groups is 2. The number of benzene rings is 2. The van der Waals surface area contributed by atoms with Gasteiger partial charge in [0.1, 0.15) is 19.0 Å². The fourth-order valence-corrected chi connectivity index (χ4v) is 2.60. The van der Waals surface area contributed by atoms with Crippen molar-refractivity contribution >= 4 is 17.6 Å². The Morgan fingerprint density at radius 2 is 1.79 bits per heavy atom. The van der Waals surface area contributed by atoms with Crippen LogP contribution in [0.1, 0.15) is 18.1 Å². The average molecular weight is 385 g/mol. The van der Waals surface area contributed by atoms with Gasteiger partial charge < -0.3 is 24.3 Å². The Kier molecular flexibility index (Phi) is 6.03. The van der Waals surface area contributed by atoms with Crippen molar-refractivity contribution in [1.29, 1.82) is 0 Å². The van der Waals surface area contributed by atoms with Gasteiger partial charge in [0.25, 0.3) is 5.91 Å². The molecule has 0 unspecified atom stereocenters. The van der Waals surface area contributed by atoms with E-state index in [1.807, 2.05) is 26.0 Å². The van der Waals surface area contributed by atoms with Crippen molar-refractivity contribution in [2.45, 2.75) is 26.9 Å². The van der Waals surface area contributed by atoms with Crippen LogP contribution in [0.5, 0.6) is 17.2 Å². The van der Waals surface area contributed by atoms with Gasteiger partial charge in [0.05, 0.1) is 0 Å². The van der Waals surface area contributed by atoms with E-state index < -0.39 is 18.0 Å². The van der Waals surface area contributed by atoms with Gasteiger partial charge in [-0.1, -0.05) is 6.07 Å². The van der Waals surface area contributed by atoms with E-state index >= 15 is 0 Å². The van der Waals surface area contributed by atoms with Crippen LogP contribution in [0, 0.1) is 13.8 Å². The monoisotopic (exact) mass is 385 g/mol. The molecule has 1 atom stereocenters. The zero-order valence-corrected chi connectivity index (χ0v) is 16.1. The molecule has 3 rings (SSSR count). The van der Waals surface area contributed by atoms with E-state index in [0.29, 0.717) is 36.1 Å². The fourth-order valence-electron chi connectivity index (χ4n) is 2.60. The predicted molar refractivity (Wildman–Crippen MR) is 103 cm³/mol. The number of amides is 1. The summed E-state index contributed by atoms with van der Waals surface area (Å²) in [5, 5.41) is 2.69. The molecule has 148 valence electrons. The molecule has 0 spiro atoms. The molecule has 1 aliphatic rings. The van der Waals surface area contributed by atoms with Crippen LogP contribution >= 0.6 is 0 Å². The van der Waals surface area contributed by atoms with Gasteiger partial charge in [0, 0.05) is 11.8 Å². The highest BCUT2D eigenvalue weighted by atomic mass is 16.6. The molecule has 1 amide bonds. The van der Waals surface area contributed by atoms with Crippen molar-refractivity contribution in [2.24, 2.45) is 0 Å². The summed E-state index contributed by atoms with van der Waals surface area (Å²) in [6.07, 6.45) is -0.968. The van der Waals surface area contributed by atoms with Crippen molar-refractivity contribution in [3.05, 3.63) is 47.5 Å². The largest absolute Gasteiger partial charge is 0.486 e. The highest BCUT2D eigenvalue weighted by Crippen LogP contribution is 2.32. The maximum Gasteiger partial charge on any atom is 0.344 e. The van der Waals surface area contributed by atoms with Crippen molar-refractivity contribution in [2.75, 3.05) is 25.1 Å². The van der Waals surface area contributed by atoms with E-state index in [4.69, 9.17) is 18.9 Å². The lowest BCUT2D eigenvalue weighted by molar-refractivity contribution is -0.155. The number of esters is 1. The average Bonchev–Trinajstić information content (AvgIpc) is 2.68. The minimum atomic E-state index is -0.968. The third-order valence-corrected chi connectivity index (χ3v) is 4.32. The summed E-state index contributed by atoms with van der Waals surface area (Å²) in [4.78, 5) is 24.2. The van der Waals surface area contributed by atoms with Crippen molar-refractivity contribution in [1.82, 2.24) is 0 Å². The van der Waals surface area contributed by atoms with E-state index in [1.54, 1.807) is 24.3 Å². The number of aryl methyl sites for hydroxylation is 2. The third kappa shape index (κ3) is 4.94. The Morgan fingerprint density at radius 3 is 2.54 bits per heavy atom. The summed E-state index contributed by atoms with van der Waals surface area (Å²) in [7, 11) is 0. The van der Waals surface area contributed by atoms with E-state index in [2.05, 4.69) is 5.32 Å². The predicted octanol–water partition coefficient (Wildman–Crippen LogP) is 3.02. The van der Waals surface area contributed by atoms with Crippen molar-refractivity contribution in [3.63, 3.8) is 0 Å². The molecule has 1 aliphatic heterocycles. The zero-order valence-electron chi connectivity index (χ0n) is 16.1. The first kappa shape index (κ1) is 19.5. The molecule has 2 aromatic carbocycles. The first-order valence-corrected chi connectivity index (χ1v) is 9.02. The van der Waals surface area contributed by atoms with Gasteiger partial charge in [-0.15, -0.1) is 0 Å². The second kappa shape index (κ2) is 8.65. The lowest BCUT2D eigenvalue weighted by Crippen LogP contribution is -2.31. The van der Waals surface area contributed by atoms with Gasteiger partial charge in [-0.2, -0.15) is 0 Å². The van der Waals surface area contributed by atoms with Crippen LogP contribution in [0.2, 0.25) is 0 Å². The molecule has 0 aromatic heterocycles. The summed E-state index contributed by atoms with van der Waals surface area (Å²) < 4.78 is 21.5. The first-order valence-electron chi connectivity index (χ1n) is 9.02. The highest BCUT2D eigenvalue weighted by Gasteiger charge is 2.19. The van der Waals surface area contributed by atoms with E-state index in [0.717, 1.165) is 11.1 Å². The molecule has 0 fully saturated rings. The molecular weight excluding hydrogens is 362 g/mol. The molecule has 0 saturated carbocycles. The lowest BCUT2D eigenvalue weighted by atomic mass is 10.1. The number of fused-ring (bicyclic) bond motifs is 1. The summed E-state index contributed by atoms with van der Waals surface area (Å²) in [6, 6.07) is 10.6. The number of ether oxygens (including phenoxy) is 4. The van der Waals surface area contributed by atoms with Gasteiger partial charge >= 0.3 is 5.97 Å². The molecular formula is C21H23NO6. The summed E-state index contributed by atoms with van der Waals surface area (Å²) in [5.41, 5.74) is 2.74. The number of hydrogen-bond acceptors (Lipinski definition) is 6. The van der Waals surface area contributed by atoms with Crippen LogP contribution in [0.3, 0.4) is 0 Å². The number of nitrogens with one attached hydrogen (secondary N) is 1. The topological polar surface area (TPSA) is 83.1 Å². The van der Waals surface area contributed by atoms with Gasteiger partial charge in [0.15, 0.2) is 24.2 Å². The van der Waals surface area contributed by atoms with Crippen LogP contribution in [0.4, 0.5) is 5.69 Å². The summed E-state index contributed by atoms with van der Waals surface area (Å²) in [6.45, 7) is 6.14. The molecule has 0 bridgehead atoms. The van der Waals surface area contributed by atoms with Crippen LogP contribution < -0.4 is 19.5 Å². The number of hydrogen-bond donors (Lipinski definition) is 1. The maximum atomic E-state index is 12.3. The summed E-state index contributed by atoms with van der Waals surface area (Å²) in [5.74, 6) is 0.704.